The van der Waals surface area contributed by atoms with Crippen molar-refractivity contribution in [1.82, 2.24) is 5.32 Å². The summed E-state index contributed by atoms with van der Waals surface area (Å²) in [6, 6.07) is 2.36. The predicted octanol–water partition coefficient (Wildman–Crippen LogP) is 3.30. The highest BCUT2D eigenvalue weighted by molar-refractivity contribution is 6.25. The van der Waals surface area contributed by atoms with Crippen LogP contribution in [0.1, 0.15) is 30.0 Å². The molecule has 0 amide bonds. The zero-order valence-corrected chi connectivity index (χ0v) is 9.56. The molecular formula is C11H16ClNO. The summed E-state index contributed by atoms with van der Waals surface area (Å²) in [6.45, 7) is 6.83. The monoisotopic (exact) mass is 213 g/mol. The summed E-state index contributed by atoms with van der Waals surface area (Å²) >= 11 is 5.43. The van der Waals surface area contributed by atoms with Gasteiger partial charge in [-0.05, 0) is 26.8 Å². The van der Waals surface area contributed by atoms with Crippen molar-refractivity contribution in [2.24, 2.45) is 0 Å². The third-order valence-corrected chi connectivity index (χ3v) is 2.36. The molecule has 2 nitrogen and oxygen atoms in total. The van der Waals surface area contributed by atoms with Crippen LogP contribution in [0.25, 0.3) is 0 Å². The summed E-state index contributed by atoms with van der Waals surface area (Å²) in [4.78, 5) is 0. The van der Waals surface area contributed by atoms with Crippen molar-refractivity contribution < 1.29 is 4.42 Å². The topological polar surface area (TPSA) is 25.2 Å². The Morgan fingerprint density at radius 1 is 1.57 bits per heavy atom. The molecule has 78 valence electrons. The molecule has 0 aliphatic heterocycles. The lowest BCUT2D eigenvalue weighted by molar-refractivity contribution is 0.493. The molecule has 0 radical (unpaired) electrons. The van der Waals surface area contributed by atoms with Crippen molar-refractivity contribution in [3.8, 4) is 0 Å². The van der Waals surface area contributed by atoms with Crippen molar-refractivity contribution in [3.05, 3.63) is 34.8 Å². The highest BCUT2D eigenvalue weighted by atomic mass is 35.5. The van der Waals surface area contributed by atoms with E-state index in [1.807, 2.05) is 19.9 Å². The van der Waals surface area contributed by atoms with E-state index in [1.54, 1.807) is 0 Å². The normalized spacial score (nSPS) is 13.7. The Kier molecular flexibility index (Phi) is 4.23. The number of hydrogen-bond donors (Lipinski definition) is 1. The lowest BCUT2D eigenvalue weighted by Gasteiger charge is -2.10. The molecule has 1 unspecified atom stereocenters. The summed E-state index contributed by atoms with van der Waals surface area (Å²) in [5.74, 6) is 1.94. The molecule has 0 aromatic carbocycles. The maximum Gasteiger partial charge on any atom is 0.105 e. The first-order chi connectivity index (χ1) is 6.65. The summed E-state index contributed by atoms with van der Waals surface area (Å²) in [7, 11) is 0. The minimum Gasteiger partial charge on any atom is -0.466 e. The zero-order chi connectivity index (χ0) is 10.6. The molecule has 0 saturated carbocycles. The molecule has 14 heavy (non-hydrogen) atoms. The van der Waals surface area contributed by atoms with Gasteiger partial charge in [-0.3, -0.25) is 0 Å². The first-order valence-corrected chi connectivity index (χ1v) is 5.14. The standard InChI is InChI=1S/C11H16ClNO/c1-8-7-11(10(3)14-8)9(2)13-6-4-5-12/h4-5,7,9,13H,6H2,1-3H3/b5-4+. The minimum absolute atomic E-state index is 0.292. The Morgan fingerprint density at radius 2 is 2.29 bits per heavy atom. The second-order valence-electron chi connectivity index (χ2n) is 3.36. The van der Waals surface area contributed by atoms with Gasteiger partial charge >= 0.3 is 0 Å². The van der Waals surface area contributed by atoms with E-state index in [-0.39, 0.29) is 0 Å². The van der Waals surface area contributed by atoms with E-state index in [1.165, 1.54) is 11.1 Å². The van der Waals surface area contributed by atoms with Crippen molar-refractivity contribution in [1.29, 1.82) is 0 Å². The number of nitrogens with one attached hydrogen (secondary N) is 1. The molecular weight excluding hydrogens is 198 g/mol. The average Bonchev–Trinajstić information content (AvgIpc) is 2.45. The fourth-order valence-electron chi connectivity index (χ4n) is 1.48. The largest absolute Gasteiger partial charge is 0.466 e. The van der Waals surface area contributed by atoms with Gasteiger partial charge in [0.15, 0.2) is 0 Å². The fraction of sp³-hybridized carbons (Fsp3) is 0.455. The molecule has 1 rings (SSSR count). The molecule has 3 heteroatoms. The van der Waals surface area contributed by atoms with Crippen LogP contribution in [-0.2, 0) is 0 Å². The molecule has 1 aromatic heterocycles. The van der Waals surface area contributed by atoms with Crippen LogP contribution >= 0.6 is 11.6 Å². The van der Waals surface area contributed by atoms with E-state index >= 15 is 0 Å². The van der Waals surface area contributed by atoms with Crippen LogP contribution < -0.4 is 5.32 Å². The van der Waals surface area contributed by atoms with Gasteiger partial charge in [0.05, 0.1) is 0 Å². The van der Waals surface area contributed by atoms with E-state index in [0.717, 1.165) is 18.1 Å². The van der Waals surface area contributed by atoms with Gasteiger partial charge in [-0.2, -0.15) is 0 Å². The molecule has 0 aliphatic rings. The van der Waals surface area contributed by atoms with Crippen molar-refractivity contribution in [2.45, 2.75) is 26.8 Å². The number of aryl methyl sites for hydroxylation is 2. The number of furan rings is 1. The molecule has 1 atom stereocenters. The van der Waals surface area contributed by atoms with E-state index < -0.39 is 0 Å². The summed E-state index contributed by atoms with van der Waals surface area (Å²) in [6.07, 6.45) is 1.88. The Hall–Kier alpha value is -0.730. The predicted molar refractivity (Wildman–Crippen MR) is 59.6 cm³/mol. The third kappa shape index (κ3) is 2.89. The first kappa shape index (κ1) is 11.3. The highest BCUT2D eigenvalue weighted by Crippen LogP contribution is 2.20. The fourth-order valence-corrected chi connectivity index (χ4v) is 1.57. The zero-order valence-electron chi connectivity index (χ0n) is 8.80. The molecule has 0 spiro atoms. The van der Waals surface area contributed by atoms with Crippen molar-refractivity contribution in [2.75, 3.05) is 6.54 Å². The van der Waals surface area contributed by atoms with Gasteiger partial charge in [0.1, 0.15) is 11.5 Å². The SMILES string of the molecule is Cc1cc(C(C)NC/C=C/Cl)c(C)o1. The Balaban J connectivity index is 2.59. The first-order valence-electron chi connectivity index (χ1n) is 4.70. The summed E-state index contributed by atoms with van der Waals surface area (Å²) in [5, 5.41) is 3.32. The van der Waals surface area contributed by atoms with Crippen molar-refractivity contribution in [3.63, 3.8) is 0 Å². The molecule has 1 aromatic rings. The average molecular weight is 214 g/mol. The van der Waals surface area contributed by atoms with E-state index in [2.05, 4.69) is 18.3 Å². The number of rotatable bonds is 4. The van der Waals surface area contributed by atoms with E-state index in [4.69, 9.17) is 16.0 Å². The van der Waals surface area contributed by atoms with Crippen molar-refractivity contribution >= 4 is 11.6 Å². The molecule has 1 N–H and O–H groups in total. The van der Waals surface area contributed by atoms with Gasteiger partial charge in [-0.25, -0.2) is 0 Å². The number of halogens is 1. The maximum atomic E-state index is 5.46. The second kappa shape index (κ2) is 5.23. The van der Waals surface area contributed by atoms with Gasteiger partial charge in [0, 0.05) is 23.7 Å². The Labute approximate surface area is 89.9 Å². The van der Waals surface area contributed by atoms with Gasteiger partial charge in [-0.1, -0.05) is 17.7 Å². The van der Waals surface area contributed by atoms with Gasteiger partial charge in [0.2, 0.25) is 0 Å². The van der Waals surface area contributed by atoms with Crippen LogP contribution in [0.3, 0.4) is 0 Å². The maximum absolute atomic E-state index is 5.46. The third-order valence-electron chi connectivity index (χ3n) is 2.18. The van der Waals surface area contributed by atoms with Crippen LogP contribution in [0, 0.1) is 13.8 Å². The van der Waals surface area contributed by atoms with Gasteiger partial charge in [-0.15, -0.1) is 0 Å². The van der Waals surface area contributed by atoms with E-state index in [9.17, 15) is 0 Å². The molecule has 0 fully saturated rings. The van der Waals surface area contributed by atoms with Crippen LogP contribution in [0.4, 0.5) is 0 Å². The Morgan fingerprint density at radius 3 is 2.79 bits per heavy atom. The quantitative estimate of drug-likeness (QED) is 0.830. The lowest BCUT2D eigenvalue weighted by Crippen LogP contribution is -2.18. The van der Waals surface area contributed by atoms with Crippen LogP contribution in [0.15, 0.2) is 22.1 Å². The molecule has 0 bridgehead atoms. The molecule has 0 aliphatic carbocycles. The van der Waals surface area contributed by atoms with Gasteiger partial charge in [0.25, 0.3) is 0 Å². The summed E-state index contributed by atoms with van der Waals surface area (Å²) in [5.41, 5.74) is 2.73. The summed E-state index contributed by atoms with van der Waals surface area (Å²) < 4.78 is 5.46. The Bertz CT molecular complexity index is 317. The second-order valence-corrected chi connectivity index (χ2v) is 3.61. The van der Waals surface area contributed by atoms with Gasteiger partial charge < -0.3 is 9.73 Å². The molecule has 1 heterocycles. The highest BCUT2D eigenvalue weighted by Gasteiger charge is 2.10. The van der Waals surface area contributed by atoms with E-state index in [0.29, 0.717) is 6.04 Å². The van der Waals surface area contributed by atoms with Crippen LogP contribution in [-0.4, -0.2) is 6.54 Å². The smallest absolute Gasteiger partial charge is 0.105 e. The number of hydrogen-bond acceptors (Lipinski definition) is 2. The van der Waals surface area contributed by atoms with Crippen LogP contribution in [0.5, 0.6) is 0 Å². The molecule has 0 saturated heterocycles. The minimum atomic E-state index is 0.292. The lowest BCUT2D eigenvalue weighted by atomic mass is 10.1. The van der Waals surface area contributed by atoms with Crippen LogP contribution in [0.2, 0.25) is 0 Å².